The van der Waals surface area contributed by atoms with Crippen molar-refractivity contribution in [3.63, 3.8) is 0 Å². The number of hydrogen-bond donors (Lipinski definition) is 2. The van der Waals surface area contributed by atoms with Gasteiger partial charge in [-0.3, -0.25) is 0 Å². The Morgan fingerprint density at radius 3 is 2.67 bits per heavy atom. The van der Waals surface area contributed by atoms with E-state index in [9.17, 15) is 9.90 Å². The van der Waals surface area contributed by atoms with Crippen molar-refractivity contribution >= 4 is 0 Å². The maximum Gasteiger partial charge on any atom is 0.335 e. The lowest BCUT2D eigenvalue weighted by Crippen LogP contribution is -2.60. The van der Waals surface area contributed by atoms with Crippen LogP contribution in [0.5, 0.6) is 0 Å². The van der Waals surface area contributed by atoms with Crippen LogP contribution < -0.4 is 11.1 Å². The molecule has 3 saturated carbocycles. The fraction of sp³-hybridized carbons (Fsp3) is 0.720. The first-order chi connectivity index (χ1) is 14.3. The summed E-state index contributed by atoms with van der Waals surface area (Å²) in [5.74, 6) is 1.12. The van der Waals surface area contributed by atoms with Gasteiger partial charge in [0.2, 0.25) is 0 Å². The molecule has 5 nitrogen and oxygen atoms in total. The highest BCUT2D eigenvalue weighted by Gasteiger charge is 2.66. The Balaban J connectivity index is 1.46. The van der Waals surface area contributed by atoms with Gasteiger partial charge in [0.15, 0.2) is 0 Å². The average Bonchev–Trinajstić information content (AvgIpc) is 3.01. The van der Waals surface area contributed by atoms with E-state index in [1.54, 1.807) is 18.9 Å². The molecule has 0 radical (unpaired) electrons. The van der Waals surface area contributed by atoms with Crippen LogP contribution in [-0.2, 0) is 4.84 Å². The summed E-state index contributed by atoms with van der Waals surface area (Å²) in [5.41, 5.74) is 4.83. The van der Waals surface area contributed by atoms with E-state index in [2.05, 4.69) is 25.4 Å². The minimum absolute atomic E-state index is 0.166. The number of fused-ring (bicyclic) bond motifs is 5. The normalized spacial score (nSPS) is 45.3. The Hall–Kier alpha value is -1.43. The topological polar surface area (TPSA) is 71.7 Å². The first kappa shape index (κ1) is 20.5. The predicted molar refractivity (Wildman–Crippen MR) is 115 cm³/mol. The third kappa shape index (κ3) is 2.74. The Labute approximate surface area is 178 Å². The summed E-state index contributed by atoms with van der Waals surface area (Å²) in [4.78, 5) is 16.6. The third-order valence-electron chi connectivity index (χ3n) is 9.69. The summed E-state index contributed by atoms with van der Waals surface area (Å²) in [7, 11) is 1.69. The van der Waals surface area contributed by atoms with Gasteiger partial charge in [0.1, 0.15) is 0 Å². The fourth-order valence-corrected chi connectivity index (χ4v) is 8.04. The Morgan fingerprint density at radius 1 is 1.10 bits per heavy atom. The Morgan fingerprint density at radius 2 is 1.93 bits per heavy atom. The van der Waals surface area contributed by atoms with Crippen molar-refractivity contribution in [1.82, 2.24) is 5.48 Å². The second-order valence-electron chi connectivity index (χ2n) is 10.7. The molecular weight excluding hydrogens is 378 g/mol. The molecule has 5 heteroatoms. The molecule has 0 aliphatic heterocycles. The highest BCUT2D eigenvalue weighted by atomic mass is 16.6. The van der Waals surface area contributed by atoms with Gasteiger partial charge >= 0.3 is 5.63 Å². The van der Waals surface area contributed by atoms with E-state index >= 15 is 0 Å². The first-order valence-electron chi connectivity index (χ1n) is 11.6. The molecule has 1 heterocycles. The lowest BCUT2D eigenvalue weighted by molar-refractivity contribution is -0.177. The van der Waals surface area contributed by atoms with Crippen LogP contribution in [-0.4, -0.2) is 23.9 Å². The maximum absolute atomic E-state index is 12.2. The van der Waals surface area contributed by atoms with Crippen LogP contribution in [0.15, 0.2) is 39.3 Å². The second-order valence-corrected chi connectivity index (χ2v) is 10.7. The molecule has 164 valence electrons. The van der Waals surface area contributed by atoms with Crippen molar-refractivity contribution in [2.75, 3.05) is 7.11 Å². The van der Waals surface area contributed by atoms with Crippen LogP contribution >= 0.6 is 0 Å². The second kappa shape index (κ2) is 7.04. The van der Waals surface area contributed by atoms with Gasteiger partial charge in [-0.1, -0.05) is 25.5 Å². The van der Waals surface area contributed by atoms with E-state index < -0.39 is 5.60 Å². The summed E-state index contributed by atoms with van der Waals surface area (Å²) in [6, 6.07) is 3.73. The maximum atomic E-state index is 12.2. The van der Waals surface area contributed by atoms with Crippen LogP contribution in [0.4, 0.5) is 0 Å². The van der Waals surface area contributed by atoms with Crippen molar-refractivity contribution in [1.29, 1.82) is 0 Å². The van der Waals surface area contributed by atoms with Crippen LogP contribution in [0.3, 0.4) is 0 Å². The van der Waals surface area contributed by atoms with Crippen LogP contribution in [0.25, 0.3) is 0 Å². The third-order valence-corrected chi connectivity index (χ3v) is 9.69. The number of nitrogens with one attached hydrogen (secondary N) is 1. The first-order valence-corrected chi connectivity index (χ1v) is 11.6. The molecule has 1 aromatic rings. The summed E-state index contributed by atoms with van der Waals surface area (Å²) in [5, 5.41) is 12.2. The van der Waals surface area contributed by atoms with Gasteiger partial charge in [-0.05, 0) is 86.2 Å². The molecular formula is C25H35NO4. The molecule has 7 atom stereocenters. The number of hydroxylamine groups is 1. The van der Waals surface area contributed by atoms with Gasteiger partial charge in [-0.15, -0.1) is 0 Å². The van der Waals surface area contributed by atoms with Crippen molar-refractivity contribution in [3.05, 3.63) is 46.0 Å². The fourth-order valence-electron chi connectivity index (χ4n) is 8.04. The summed E-state index contributed by atoms with van der Waals surface area (Å²) < 4.78 is 5.19. The zero-order valence-electron chi connectivity index (χ0n) is 18.4. The van der Waals surface area contributed by atoms with Crippen molar-refractivity contribution < 1.29 is 14.4 Å². The van der Waals surface area contributed by atoms with Crippen LogP contribution in [0.1, 0.15) is 76.7 Å². The van der Waals surface area contributed by atoms with Crippen LogP contribution in [0.2, 0.25) is 0 Å². The zero-order chi connectivity index (χ0) is 21.1. The SMILES string of the molecule is CONC1C=C2CCC3C(CCC4(C)C(c5ccc(=O)oc5)CCC34O)C2(C)CC1. The Bertz CT molecular complexity index is 888. The monoisotopic (exact) mass is 413 g/mol. The highest BCUT2D eigenvalue weighted by Crippen LogP contribution is 2.70. The van der Waals surface area contributed by atoms with Crippen molar-refractivity contribution in [3.8, 4) is 0 Å². The van der Waals surface area contributed by atoms with E-state index in [4.69, 9.17) is 9.25 Å². The molecule has 4 aliphatic rings. The Kier molecular flexibility index (Phi) is 4.81. The van der Waals surface area contributed by atoms with Gasteiger partial charge in [-0.25, -0.2) is 4.79 Å². The van der Waals surface area contributed by atoms with Gasteiger partial charge in [0.05, 0.1) is 25.0 Å². The van der Waals surface area contributed by atoms with Gasteiger partial charge in [-0.2, -0.15) is 5.48 Å². The lowest BCUT2D eigenvalue weighted by atomic mass is 9.45. The molecule has 2 N–H and O–H groups in total. The van der Waals surface area contributed by atoms with E-state index in [1.807, 2.05) is 6.07 Å². The molecule has 3 fully saturated rings. The number of rotatable bonds is 3. The molecule has 0 spiro atoms. The highest BCUT2D eigenvalue weighted by molar-refractivity contribution is 5.31. The average molecular weight is 414 g/mol. The van der Waals surface area contributed by atoms with E-state index in [-0.39, 0.29) is 22.4 Å². The number of hydrogen-bond acceptors (Lipinski definition) is 5. The largest absolute Gasteiger partial charge is 0.431 e. The van der Waals surface area contributed by atoms with E-state index in [0.29, 0.717) is 17.9 Å². The van der Waals surface area contributed by atoms with Gasteiger partial charge in [0, 0.05) is 11.5 Å². The molecule has 0 bridgehead atoms. The molecule has 30 heavy (non-hydrogen) atoms. The summed E-state index contributed by atoms with van der Waals surface area (Å²) >= 11 is 0. The standard InChI is InChI=1S/C25H35NO4/c1-23-11-8-18(26-29-3)14-17(23)5-6-21-20(23)9-12-24(2)19(10-13-25(21,24)28)16-4-7-22(27)30-15-16/h4,7,14-15,18-21,26,28H,5-6,8-13H2,1-3H3. The molecule has 7 unspecified atom stereocenters. The molecule has 0 saturated heterocycles. The van der Waals surface area contributed by atoms with Crippen molar-refractivity contribution in [2.24, 2.45) is 22.7 Å². The number of aliphatic hydroxyl groups is 1. The molecule has 5 rings (SSSR count). The summed E-state index contributed by atoms with van der Waals surface area (Å²) in [6.45, 7) is 4.74. The van der Waals surface area contributed by atoms with E-state index in [0.717, 1.165) is 56.9 Å². The van der Waals surface area contributed by atoms with Crippen LogP contribution in [0, 0.1) is 22.7 Å². The molecule has 0 amide bonds. The molecule has 4 aliphatic carbocycles. The van der Waals surface area contributed by atoms with Gasteiger partial charge < -0.3 is 14.4 Å². The van der Waals surface area contributed by atoms with E-state index in [1.165, 1.54) is 6.07 Å². The van der Waals surface area contributed by atoms with Crippen molar-refractivity contribution in [2.45, 2.75) is 82.8 Å². The lowest BCUT2D eigenvalue weighted by Gasteiger charge is -2.62. The predicted octanol–water partition coefficient (Wildman–Crippen LogP) is 4.32. The minimum atomic E-state index is -0.646. The molecule has 0 aromatic carbocycles. The summed E-state index contributed by atoms with van der Waals surface area (Å²) in [6.07, 6.45) is 12.4. The quantitative estimate of drug-likeness (QED) is 0.570. The smallest absolute Gasteiger partial charge is 0.335 e. The molecule has 1 aromatic heterocycles. The zero-order valence-corrected chi connectivity index (χ0v) is 18.4. The number of allylic oxidation sites excluding steroid dienone is 1. The van der Waals surface area contributed by atoms with Gasteiger partial charge in [0.25, 0.3) is 0 Å². The minimum Gasteiger partial charge on any atom is -0.431 e.